The van der Waals surface area contributed by atoms with Crippen LogP contribution in [0.3, 0.4) is 0 Å². The molecule has 1 unspecified atom stereocenters. The quantitative estimate of drug-likeness (QED) is 0.852. The first-order valence-corrected chi connectivity index (χ1v) is 6.04. The molecule has 1 nitrogen and oxygen atoms in total. The van der Waals surface area contributed by atoms with Crippen LogP contribution in [0.4, 0.5) is 17.6 Å². The highest BCUT2D eigenvalue weighted by molar-refractivity contribution is 5.30. The highest BCUT2D eigenvalue weighted by Crippen LogP contribution is 2.24. The molecule has 2 aromatic carbocycles. The lowest BCUT2D eigenvalue weighted by Crippen LogP contribution is -2.16. The molecule has 0 aliphatic carbocycles. The van der Waals surface area contributed by atoms with E-state index in [1.165, 1.54) is 25.1 Å². The summed E-state index contributed by atoms with van der Waals surface area (Å²) in [5.41, 5.74) is 6.19. The van der Waals surface area contributed by atoms with Crippen LogP contribution in [0.1, 0.15) is 22.7 Å². The Bertz CT molecular complexity index is 640. The Morgan fingerprint density at radius 2 is 1.70 bits per heavy atom. The van der Waals surface area contributed by atoms with Crippen molar-refractivity contribution >= 4 is 0 Å². The maximum atomic E-state index is 13.7. The van der Waals surface area contributed by atoms with E-state index >= 15 is 0 Å². The number of nitrogens with two attached hydrogens (primary N) is 1. The maximum Gasteiger partial charge on any atom is 0.162 e. The first-order valence-electron chi connectivity index (χ1n) is 6.04. The SMILES string of the molecule is Cc1cc(C(N)Cc2cccc(F)c2F)c(F)cc1F. The molecule has 0 saturated heterocycles. The number of hydrogen-bond donors (Lipinski definition) is 1. The fourth-order valence-corrected chi connectivity index (χ4v) is 2.02. The third kappa shape index (κ3) is 2.82. The van der Waals surface area contributed by atoms with Crippen LogP contribution in [0, 0.1) is 30.2 Å². The van der Waals surface area contributed by atoms with Gasteiger partial charge in [0.1, 0.15) is 11.6 Å². The molecule has 20 heavy (non-hydrogen) atoms. The van der Waals surface area contributed by atoms with Crippen molar-refractivity contribution < 1.29 is 17.6 Å². The van der Waals surface area contributed by atoms with E-state index < -0.39 is 29.3 Å². The second-order valence-electron chi connectivity index (χ2n) is 4.65. The zero-order chi connectivity index (χ0) is 14.9. The van der Waals surface area contributed by atoms with Crippen molar-refractivity contribution in [2.24, 2.45) is 5.73 Å². The highest BCUT2D eigenvalue weighted by Gasteiger charge is 2.17. The van der Waals surface area contributed by atoms with Crippen LogP contribution < -0.4 is 5.73 Å². The molecule has 1 atom stereocenters. The zero-order valence-electron chi connectivity index (χ0n) is 10.8. The first-order chi connectivity index (χ1) is 9.40. The molecule has 2 N–H and O–H groups in total. The highest BCUT2D eigenvalue weighted by atomic mass is 19.2. The van der Waals surface area contributed by atoms with Gasteiger partial charge in [-0.3, -0.25) is 0 Å². The van der Waals surface area contributed by atoms with Gasteiger partial charge in [-0.05, 0) is 36.6 Å². The van der Waals surface area contributed by atoms with Crippen molar-refractivity contribution in [1.29, 1.82) is 0 Å². The Labute approximate surface area is 114 Å². The molecule has 0 saturated carbocycles. The van der Waals surface area contributed by atoms with E-state index in [1.54, 1.807) is 0 Å². The summed E-state index contributed by atoms with van der Waals surface area (Å²) in [6.45, 7) is 1.48. The summed E-state index contributed by atoms with van der Waals surface area (Å²) in [4.78, 5) is 0. The molecule has 0 aliphatic heterocycles. The first kappa shape index (κ1) is 14.5. The van der Waals surface area contributed by atoms with E-state index in [-0.39, 0.29) is 23.1 Å². The van der Waals surface area contributed by atoms with Gasteiger partial charge in [0.2, 0.25) is 0 Å². The Morgan fingerprint density at radius 3 is 2.40 bits per heavy atom. The van der Waals surface area contributed by atoms with E-state index in [4.69, 9.17) is 5.73 Å². The fraction of sp³-hybridized carbons (Fsp3) is 0.200. The molecule has 5 heteroatoms. The summed E-state index contributed by atoms with van der Waals surface area (Å²) in [5, 5.41) is 0. The summed E-state index contributed by atoms with van der Waals surface area (Å²) in [5.74, 6) is -3.44. The Kier molecular flexibility index (Phi) is 4.09. The van der Waals surface area contributed by atoms with Gasteiger partial charge in [-0.15, -0.1) is 0 Å². The van der Waals surface area contributed by atoms with E-state index in [9.17, 15) is 17.6 Å². The predicted octanol–water partition coefficient (Wildman–Crippen LogP) is 3.79. The molecule has 0 heterocycles. The topological polar surface area (TPSA) is 26.0 Å². The van der Waals surface area contributed by atoms with E-state index in [0.29, 0.717) is 0 Å². The van der Waals surface area contributed by atoms with Gasteiger partial charge in [-0.1, -0.05) is 12.1 Å². The van der Waals surface area contributed by atoms with Gasteiger partial charge < -0.3 is 5.73 Å². The van der Waals surface area contributed by atoms with Crippen LogP contribution in [-0.4, -0.2) is 0 Å². The number of halogens is 4. The van der Waals surface area contributed by atoms with E-state index in [0.717, 1.165) is 12.1 Å². The van der Waals surface area contributed by atoms with Crippen LogP contribution in [-0.2, 0) is 6.42 Å². The third-order valence-electron chi connectivity index (χ3n) is 3.15. The van der Waals surface area contributed by atoms with Crippen molar-refractivity contribution in [3.8, 4) is 0 Å². The lowest BCUT2D eigenvalue weighted by atomic mass is 9.97. The summed E-state index contributed by atoms with van der Waals surface area (Å²) >= 11 is 0. The lowest BCUT2D eigenvalue weighted by Gasteiger charge is -2.15. The van der Waals surface area contributed by atoms with Crippen LogP contribution in [0.25, 0.3) is 0 Å². The summed E-state index contributed by atoms with van der Waals surface area (Å²) < 4.78 is 53.5. The molecule has 0 aliphatic rings. The zero-order valence-corrected chi connectivity index (χ0v) is 10.8. The Balaban J connectivity index is 2.31. The van der Waals surface area contributed by atoms with Crippen LogP contribution in [0.15, 0.2) is 30.3 Å². The average molecular weight is 283 g/mol. The minimum atomic E-state index is -0.998. The minimum absolute atomic E-state index is 0.0545. The largest absolute Gasteiger partial charge is 0.324 e. The number of rotatable bonds is 3. The molecule has 106 valence electrons. The average Bonchev–Trinajstić information content (AvgIpc) is 2.39. The smallest absolute Gasteiger partial charge is 0.162 e. The van der Waals surface area contributed by atoms with Gasteiger partial charge in [0.05, 0.1) is 0 Å². The van der Waals surface area contributed by atoms with Crippen LogP contribution >= 0.6 is 0 Å². The van der Waals surface area contributed by atoms with Crippen molar-refractivity contribution in [2.75, 3.05) is 0 Å². The van der Waals surface area contributed by atoms with Gasteiger partial charge in [0.15, 0.2) is 11.6 Å². The number of hydrogen-bond acceptors (Lipinski definition) is 1. The van der Waals surface area contributed by atoms with Crippen molar-refractivity contribution in [1.82, 2.24) is 0 Å². The van der Waals surface area contributed by atoms with E-state index in [2.05, 4.69) is 0 Å². The van der Waals surface area contributed by atoms with Gasteiger partial charge in [0, 0.05) is 17.7 Å². The molecule has 2 rings (SSSR count). The molecule has 0 fully saturated rings. The standard InChI is InChI=1S/C15H13F4N/c1-8-5-10(13(18)7-12(8)17)14(20)6-9-3-2-4-11(16)15(9)19/h2-5,7,14H,6,20H2,1H3. The molecule has 2 aromatic rings. The van der Waals surface area contributed by atoms with Crippen molar-refractivity contribution in [3.63, 3.8) is 0 Å². The van der Waals surface area contributed by atoms with Crippen LogP contribution in [0.2, 0.25) is 0 Å². The monoisotopic (exact) mass is 283 g/mol. The summed E-state index contributed by atoms with van der Waals surface area (Å²) in [7, 11) is 0. The second kappa shape index (κ2) is 5.63. The molecule has 0 amide bonds. The van der Waals surface area contributed by atoms with Gasteiger partial charge in [0.25, 0.3) is 0 Å². The molecule has 0 bridgehead atoms. The van der Waals surface area contributed by atoms with Crippen LogP contribution in [0.5, 0.6) is 0 Å². The predicted molar refractivity (Wildman–Crippen MR) is 68.1 cm³/mol. The number of benzene rings is 2. The normalized spacial score (nSPS) is 12.5. The minimum Gasteiger partial charge on any atom is -0.324 e. The molecule has 0 aromatic heterocycles. The lowest BCUT2D eigenvalue weighted by molar-refractivity contribution is 0.491. The number of aryl methyl sites for hydroxylation is 1. The van der Waals surface area contributed by atoms with Gasteiger partial charge >= 0.3 is 0 Å². The van der Waals surface area contributed by atoms with Crippen molar-refractivity contribution in [3.05, 3.63) is 70.3 Å². The molecule has 0 radical (unpaired) electrons. The molecular formula is C15H13F4N. The Hall–Kier alpha value is -1.88. The van der Waals surface area contributed by atoms with E-state index in [1.807, 2.05) is 0 Å². The molecule has 0 spiro atoms. The Morgan fingerprint density at radius 1 is 1.00 bits per heavy atom. The maximum absolute atomic E-state index is 13.7. The third-order valence-corrected chi connectivity index (χ3v) is 3.15. The second-order valence-corrected chi connectivity index (χ2v) is 4.65. The summed E-state index contributed by atoms with van der Waals surface area (Å²) in [6.07, 6.45) is -0.0778. The molecular weight excluding hydrogens is 270 g/mol. The van der Waals surface area contributed by atoms with Gasteiger partial charge in [-0.2, -0.15) is 0 Å². The fourth-order valence-electron chi connectivity index (χ4n) is 2.02. The van der Waals surface area contributed by atoms with Gasteiger partial charge in [-0.25, -0.2) is 17.6 Å². The van der Waals surface area contributed by atoms with Crippen molar-refractivity contribution in [2.45, 2.75) is 19.4 Å². The summed E-state index contributed by atoms with van der Waals surface area (Å²) in [6, 6.07) is 4.87.